The van der Waals surface area contributed by atoms with E-state index in [1.165, 1.54) is 0 Å². The van der Waals surface area contributed by atoms with Crippen LogP contribution >= 0.6 is 0 Å². The summed E-state index contributed by atoms with van der Waals surface area (Å²) >= 11 is 0. The first-order valence-corrected chi connectivity index (χ1v) is 9.44. The molecule has 0 heterocycles. The van der Waals surface area contributed by atoms with E-state index in [9.17, 15) is 4.79 Å². The highest BCUT2D eigenvalue weighted by molar-refractivity contribution is 5.86. The molecule has 3 aromatic rings. The van der Waals surface area contributed by atoms with Crippen LogP contribution in [0.15, 0.2) is 72.8 Å². The lowest BCUT2D eigenvalue weighted by molar-refractivity contribution is -0.122. The smallest absolute Gasteiger partial charge is 0.247 e. The van der Waals surface area contributed by atoms with Crippen molar-refractivity contribution in [1.29, 1.82) is 5.26 Å². The van der Waals surface area contributed by atoms with Crippen molar-refractivity contribution in [1.82, 2.24) is 5.32 Å². The molecule has 6 heteroatoms. The zero-order valence-corrected chi connectivity index (χ0v) is 16.9. The molecular formula is C24H23N3O3. The predicted octanol–water partition coefficient (Wildman–Crippen LogP) is 4.05. The third-order valence-corrected chi connectivity index (χ3v) is 4.60. The van der Waals surface area contributed by atoms with Crippen LogP contribution in [0.4, 0.5) is 5.69 Å². The van der Waals surface area contributed by atoms with Gasteiger partial charge in [-0.15, -0.1) is 0 Å². The van der Waals surface area contributed by atoms with Crippen LogP contribution in [0, 0.1) is 11.3 Å². The van der Waals surface area contributed by atoms with Gasteiger partial charge in [-0.25, -0.2) is 0 Å². The number of nitrogens with zero attached hydrogens (tertiary/aromatic N) is 1. The first-order valence-electron chi connectivity index (χ1n) is 9.44. The largest absolute Gasteiger partial charge is 0.497 e. The number of amides is 1. The molecule has 1 atom stereocenters. The fourth-order valence-corrected chi connectivity index (χ4v) is 2.99. The van der Waals surface area contributed by atoms with Crippen LogP contribution < -0.4 is 20.1 Å². The first-order chi connectivity index (χ1) is 14.6. The maximum absolute atomic E-state index is 13.1. The number of rotatable bonds is 8. The second kappa shape index (κ2) is 9.99. The lowest BCUT2D eigenvalue weighted by Gasteiger charge is -2.21. The number of nitrogens with one attached hydrogen (secondary N) is 2. The van der Waals surface area contributed by atoms with Crippen LogP contribution in [0.3, 0.4) is 0 Å². The van der Waals surface area contributed by atoms with Gasteiger partial charge in [0.15, 0.2) is 0 Å². The van der Waals surface area contributed by atoms with Gasteiger partial charge < -0.3 is 20.1 Å². The van der Waals surface area contributed by atoms with E-state index in [1.54, 1.807) is 56.7 Å². The van der Waals surface area contributed by atoms with Crippen molar-refractivity contribution in [2.24, 2.45) is 0 Å². The van der Waals surface area contributed by atoms with Gasteiger partial charge in [-0.1, -0.05) is 30.3 Å². The Bertz CT molecular complexity index is 1010. The summed E-state index contributed by atoms with van der Waals surface area (Å²) in [5, 5.41) is 15.2. The van der Waals surface area contributed by atoms with E-state index in [2.05, 4.69) is 16.7 Å². The fourth-order valence-electron chi connectivity index (χ4n) is 2.99. The summed E-state index contributed by atoms with van der Waals surface area (Å²) in [6.45, 7) is 0.409. The van der Waals surface area contributed by atoms with Gasteiger partial charge in [-0.05, 0) is 47.5 Å². The SMILES string of the molecule is COc1cc(OC)cc([C@@H](Nc2ccc(C#N)cc2)C(=O)NCc2ccccc2)c1. The Morgan fingerprint density at radius 2 is 1.60 bits per heavy atom. The summed E-state index contributed by atoms with van der Waals surface area (Å²) in [5.74, 6) is 0.984. The maximum Gasteiger partial charge on any atom is 0.247 e. The van der Waals surface area contributed by atoms with Crippen molar-refractivity contribution >= 4 is 11.6 Å². The lowest BCUT2D eigenvalue weighted by Crippen LogP contribution is -2.33. The second-order valence-electron chi connectivity index (χ2n) is 6.62. The van der Waals surface area contributed by atoms with Crippen molar-refractivity contribution in [2.45, 2.75) is 12.6 Å². The van der Waals surface area contributed by atoms with Gasteiger partial charge in [0, 0.05) is 18.3 Å². The third kappa shape index (κ3) is 5.30. The number of hydrogen-bond donors (Lipinski definition) is 2. The van der Waals surface area contributed by atoms with Crippen LogP contribution in [-0.2, 0) is 11.3 Å². The zero-order chi connectivity index (χ0) is 21.3. The molecule has 0 aromatic heterocycles. The van der Waals surface area contributed by atoms with Crippen LogP contribution in [0.5, 0.6) is 11.5 Å². The Hall–Kier alpha value is -3.98. The average Bonchev–Trinajstić information content (AvgIpc) is 2.81. The van der Waals surface area contributed by atoms with Crippen LogP contribution in [0.1, 0.15) is 22.7 Å². The predicted molar refractivity (Wildman–Crippen MR) is 115 cm³/mol. The zero-order valence-electron chi connectivity index (χ0n) is 16.9. The fraction of sp³-hybridized carbons (Fsp3) is 0.167. The van der Waals surface area contributed by atoms with Gasteiger partial charge in [0.1, 0.15) is 17.5 Å². The first kappa shape index (κ1) is 20.7. The molecule has 0 spiro atoms. The normalized spacial score (nSPS) is 11.1. The number of methoxy groups -OCH3 is 2. The molecule has 1 amide bonds. The van der Waals surface area contributed by atoms with E-state index in [-0.39, 0.29) is 5.91 Å². The monoisotopic (exact) mass is 401 g/mol. The number of carbonyl (C=O) groups excluding carboxylic acids is 1. The molecule has 0 aliphatic heterocycles. The lowest BCUT2D eigenvalue weighted by atomic mass is 10.0. The van der Waals surface area contributed by atoms with E-state index in [0.29, 0.717) is 29.2 Å². The molecule has 30 heavy (non-hydrogen) atoms. The van der Waals surface area contributed by atoms with Crippen molar-refractivity contribution in [2.75, 3.05) is 19.5 Å². The Labute approximate surface area is 176 Å². The molecule has 0 saturated carbocycles. The van der Waals surface area contributed by atoms with Crippen molar-refractivity contribution in [3.8, 4) is 17.6 Å². The van der Waals surface area contributed by atoms with Gasteiger partial charge in [0.25, 0.3) is 0 Å². The van der Waals surface area contributed by atoms with Gasteiger partial charge in [0.2, 0.25) is 5.91 Å². The van der Waals surface area contributed by atoms with Crippen LogP contribution in [0.25, 0.3) is 0 Å². The number of benzene rings is 3. The van der Waals surface area contributed by atoms with E-state index < -0.39 is 6.04 Å². The standard InChI is InChI=1S/C24H23N3O3/c1-29-21-12-19(13-22(14-21)30-2)23(27-20-10-8-17(15-25)9-11-20)24(28)26-16-18-6-4-3-5-7-18/h3-14,23,27H,16H2,1-2H3,(H,26,28)/t23-/m1/s1. The molecule has 0 aliphatic rings. The Morgan fingerprint density at radius 1 is 0.967 bits per heavy atom. The minimum absolute atomic E-state index is 0.196. The number of ether oxygens (including phenoxy) is 2. The van der Waals surface area contributed by atoms with Gasteiger partial charge in [-0.2, -0.15) is 5.26 Å². The quantitative estimate of drug-likeness (QED) is 0.595. The number of hydrogen-bond acceptors (Lipinski definition) is 5. The van der Waals surface area contributed by atoms with Crippen LogP contribution in [-0.4, -0.2) is 20.1 Å². The highest BCUT2D eigenvalue weighted by atomic mass is 16.5. The van der Waals surface area contributed by atoms with Gasteiger partial charge >= 0.3 is 0 Å². The van der Waals surface area contributed by atoms with E-state index in [0.717, 1.165) is 11.3 Å². The molecule has 3 aromatic carbocycles. The summed E-state index contributed by atoms with van der Waals surface area (Å²) in [7, 11) is 3.13. The molecule has 0 saturated heterocycles. The number of carbonyl (C=O) groups is 1. The van der Waals surface area contributed by atoms with Gasteiger partial charge in [0.05, 0.1) is 25.9 Å². The molecule has 0 fully saturated rings. The summed E-state index contributed by atoms with van der Waals surface area (Å²) < 4.78 is 10.7. The summed E-state index contributed by atoms with van der Waals surface area (Å²) in [6.07, 6.45) is 0. The molecule has 152 valence electrons. The summed E-state index contributed by atoms with van der Waals surface area (Å²) in [6, 6.07) is 23.4. The highest BCUT2D eigenvalue weighted by Crippen LogP contribution is 2.29. The van der Waals surface area contributed by atoms with Gasteiger partial charge in [-0.3, -0.25) is 4.79 Å². The van der Waals surface area contributed by atoms with E-state index >= 15 is 0 Å². The Balaban J connectivity index is 1.89. The summed E-state index contributed by atoms with van der Waals surface area (Å²) in [4.78, 5) is 13.1. The molecule has 2 N–H and O–H groups in total. The topological polar surface area (TPSA) is 83.4 Å². The van der Waals surface area contributed by atoms with Crippen LogP contribution in [0.2, 0.25) is 0 Å². The van der Waals surface area contributed by atoms with Crippen molar-refractivity contribution < 1.29 is 14.3 Å². The minimum atomic E-state index is -0.689. The molecule has 0 radical (unpaired) electrons. The summed E-state index contributed by atoms with van der Waals surface area (Å²) in [5.41, 5.74) is 2.97. The van der Waals surface area contributed by atoms with E-state index in [1.807, 2.05) is 30.3 Å². The molecule has 0 bridgehead atoms. The van der Waals surface area contributed by atoms with Crippen molar-refractivity contribution in [3.05, 3.63) is 89.5 Å². The van der Waals surface area contributed by atoms with Crippen molar-refractivity contribution in [3.63, 3.8) is 0 Å². The Kier molecular flexibility index (Phi) is 6.91. The average molecular weight is 401 g/mol. The number of nitriles is 1. The molecule has 0 unspecified atom stereocenters. The Morgan fingerprint density at radius 3 is 2.17 bits per heavy atom. The molecule has 0 aliphatic carbocycles. The molecule has 3 rings (SSSR count). The molecular weight excluding hydrogens is 378 g/mol. The maximum atomic E-state index is 13.1. The molecule has 6 nitrogen and oxygen atoms in total. The number of anilines is 1. The van der Waals surface area contributed by atoms with E-state index in [4.69, 9.17) is 14.7 Å². The third-order valence-electron chi connectivity index (χ3n) is 4.60. The minimum Gasteiger partial charge on any atom is -0.497 e. The highest BCUT2D eigenvalue weighted by Gasteiger charge is 2.22. The second-order valence-corrected chi connectivity index (χ2v) is 6.62.